The number of carbonyl (C=O) groups excluding carboxylic acids is 2. The molecule has 1 fully saturated rings. The minimum absolute atomic E-state index is 0.0913. The molecule has 2 amide bonds. The van der Waals surface area contributed by atoms with Crippen molar-refractivity contribution in [1.29, 1.82) is 5.26 Å². The van der Waals surface area contributed by atoms with E-state index in [0.717, 1.165) is 11.1 Å². The lowest BCUT2D eigenvalue weighted by Gasteiger charge is -2.47. The molecule has 1 saturated heterocycles. The third-order valence-corrected chi connectivity index (χ3v) is 8.05. The lowest BCUT2D eigenvalue weighted by molar-refractivity contribution is -0.181. The Morgan fingerprint density at radius 3 is 2.11 bits per heavy atom. The maximum absolute atomic E-state index is 14.4. The summed E-state index contributed by atoms with van der Waals surface area (Å²) in [5, 5.41) is 31.7. The second kappa shape index (κ2) is 15.2. The van der Waals surface area contributed by atoms with Gasteiger partial charge in [-0.25, -0.2) is 4.79 Å². The Hall–Kier alpha value is -3.94. The Balaban J connectivity index is 1.79. The largest absolute Gasteiger partial charge is 0.479 e. The van der Waals surface area contributed by atoms with E-state index in [-0.39, 0.29) is 19.4 Å². The second-order valence-electron chi connectivity index (χ2n) is 10.6. The van der Waals surface area contributed by atoms with Crippen molar-refractivity contribution in [2.45, 2.75) is 63.0 Å². The molecule has 3 N–H and O–H groups in total. The third-order valence-electron chi connectivity index (χ3n) is 7.54. The number of morpholine rings is 1. The summed E-state index contributed by atoms with van der Waals surface area (Å²) in [6, 6.07) is 21.4. The topological polar surface area (TPSA) is 140 Å². The number of nitrogens with zero attached hydrogens (tertiary/aromatic N) is 2. The normalized spacial score (nSPS) is 19.6. The quantitative estimate of drug-likeness (QED) is 0.247. The molecule has 0 saturated carbocycles. The summed E-state index contributed by atoms with van der Waals surface area (Å²) < 4.78 is 6.60. The first-order valence-electron chi connectivity index (χ1n) is 14.3. The van der Waals surface area contributed by atoms with E-state index in [1.165, 1.54) is 0 Å². The Labute approximate surface area is 266 Å². The summed E-state index contributed by atoms with van der Waals surface area (Å²) in [6.07, 6.45) is -2.39. The van der Waals surface area contributed by atoms with Crippen molar-refractivity contribution < 1.29 is 29.3 Å². The molecule has 3 aromatic carbocycles. The molecular formula is C33H33Cl2N3O6. The van der Waals surface area contributed by atoms with Crippen LogP contribution in [0.3, 0.4) is 0 Å². The number of aliphatic carboxylic acids is 1. The minimum Gasteiger partial charge on any atom is -0.479 e. The molecule has 230 valence electrons. The van der Waals surface area contributed by atoms with Crippen LogP contribution in [-0.2, 0) is 25.5 Å². The van der Waals surface area contributed by atoms with Crippen LogP contribution in [0.2, 0.25) is 10.0 Å². The van der Waals surface area contributed by atoms with E-state index in [1.54, 1.807) is 65.6 Å². The number of nitriles is 1. The van der Waals surface area contributed by atoms with Gasteiger partial charge >= 0.3 is 5.97 Å². The van der Waals surface area contributed by atoms with Crippen LogP contribution in [0.5, 0.6) is 0 Å². The molecule has 0 spiro atoms. The lowest BCUT2D eigenvalue weighted by atomic mass is 9.88. The number of carboxylic acids is 1. The van der Waals surface area contributed by atoms with E-state index in [2.05, 4.69) is 11.4 Å². The van der Waals surface area contributed by atoms with Crippen molar-refractivity contribution in [3.05, 3.63) is 105 Å². The predicted octanol–water partition coefficient (Wildman–Crippen LogP) is 5.24. The molecular weight excluding hydrogens is 605 g/mol. The van der Waals surface area contributed by atoms with Gasteiger partial charge in [0.15, 0.2) is 6.10 Å². The van der Waals surface area contributed by atoms with Gasteiger partial charge in [0, 0.05) is 29.4 Å². The van der Waals surface area contributed by atoms with Gasteiger partial charge in [0.1, 0.15) is 18.2 Å². The van der Waals surface area contributed by atoms with Crippen LogP contribution in [0.25, 0.3) is 0 Å². The Kier molecular flexibility index (Phi) is 11.4. The minimum atomic E-state index is -1.63. The average Bonchev–Trinajstić information content (AvgIpc) is 3.02. The summed E-state index contributed by atoms with van der Waals surface area (Å²) in [7, 11) is 0. The number of halogens is 2. The fourth-order valence-electron chi connectivity index (χ4n) is 5.32. The molecule has 0 aliphatic carbocycles. The third kappa shape index (κ3) is 7.96. The molecule has 1 aliphatic rings. The number of aliphatic hydroxyl groups is 1. The zero-order valence-corrected chi connectivity index (χ0v) is 25.5. The summed E-state index contributed by atoms with van der Waals surface area (Å²) in [6.45, 7) is 1.81. The van der Waals surface area contributed by atoms with E-state index >= 15 is 0 Å². The highest BCUT2D eigenvalue weighted by Crippen LogP contribution is 2.44. The predicted molar refractivity (Wildman–Crippen MR) is 165 cm³/mol. The van der Waals surface area contributed by atoms with E-state index in [0.29, 0.717) is 34.0 Å². The number of carbonyl (C=O) groups is 3. The van der Waals surface area contributed by atoms with Crippen molar-refractivity contribution in [3.63, 3.8) is 0 Å². The molecule has 0 bridgehead atoms. The SMILES string of the molecule is CCC[C@H](C(=O)NCC[C@H](O)C(=O)O)N1C(=O)[C@H](Cc2ccc(C#N)cc2)O[C@@H](c2ccc(Cl)cc2)[C@H]1c1ccc(Cl)cc1. The van der Waals surface area contributed by atoms with Crippen molar-refractivity contribution in [3.8, 4) is 6.07 Å². The van der Waals surface area contributed by atoms with Crippen LogP contribution in [0.1, 0.15) is 60.6 Å². The number of aliphatic hydroxyl groups excluding tert-OH is 1. The standard InChI is InChI=1S/C33H33Cl2N3O6/c1-2-3-26(31(40)37-17-16-27(39)33(42)43)38-29(22-8-12-24(34)13-9-22)30(23-10-14-25(35)15-11-23)44-28(32(38)41)18-20-4-6-21(19-36)7-5-20/h4-15,26-30,39H,2-3,16-18H2,1H3,(H,37,40)(H,42,43)/t26-,27+,28+,29-,30+/m1/s1. The van der Waals surface area contributed by atoms with Crippen LogP contribution in [0.15, 0.2) is 72.8 Å². The average molecular weight is 639 g/mol. The molecule has 0 radical (unpaired) electrons. The molecule has 0 aromatic heterocycles. The van der Waals surface area contributed by atoms with E-state index in [1.807, 2.05) is 19.1 Å². The van der Waals surface area contributed by atoms with Crippen molar-refractivity contribution in [2.24, 2.45) is 0 Å². The number of rotatable bonds is 12. The summed E-state index contributed by atoms with van der Waals surface area (Å²) in [5.41, 5.74) is 2.72. The van der Waals surface area contributed by atoms with Crippen molar-refractivity contribution in [2.75, 3.05) is 6.54 Å². The number of amides is 2. The Morgan fingerprint density at radius 2 is 1.57 bits per heavy atom. The molecule has 1 heterocycles. The van der Waals surface area contributed by atoms with Crippen LogP contribution >= 0.6 is 23.2 Å². The summed E-state index contributed by atoms with van der Waals surface area (Å²) >= 11 is 12.4. The first-order chi connectivity index (χ1) is 21.1. The smallest absolute Gasteiger partial charge is 0.332 e. The van der Waals surface area contributed by atoms with Crippen molar-refractivity contribution >= 4 is 41.0 Å². The molecule has 1 aliphatic heterocycles. The summed E-state index contributed by atoms with van der Waals surface area (Å²) in [5.74, 6) is -2.24. The number of nitrogens with one attached hydrogen (secondary N) is 1. The van der Waals surface area contributed by atoms with Crippen LogP contribution in [0.4, 0.5) is 0 Å². The molecule has 3 aromatic rings. The van der Waals surface area contributed by atoms with Gasteiger partial charge in [-0.15, -0.1) is 0 Å². The van der Waals surface area contributed by atoms with Gasteiger partial charge in [-0.2, -0.15) is 5.26 Å². The number of carboxylic acid groups (broad SMARTS) is 1. The Morgan fingerprint density at radius 1 is 0.977 bits per heavy atom. The molecule has 9 nitrogen and oxygen atoms in total. The van der Waals surface area contributed by atoms with Crippen molar-refractivity contribution in [1.82, 2.24) is 10.2 Å². The van der Waals surface area contributed by atoms with Gasteiger partial charge in [-0.1, -0.05) is 72.9 Å². The monoisotopic (exact) mass is 637 g/mol. The number of hydrogen-bond donors (Lipinski definition) is 3. The van der Waals surface area contributed by atoms with Gasteiger partial charge in [0.05, 0.1) is 17.7 Å². The van der Waals surface area contributed by atoms with Crippen LogP contribution in [-0.4, -0.2) is 57.7 Å². The fourth-order valence-corrected chi connectivity index (χ4v) is 5.58. The molecule has 4 rings (SSSR count). The molecule has 44 heavy (non-hydrogen) atoms. The first kappa shape index (κ1) is 33.0. The van der Waals surface area contributed by atoms with Gasteiger partial charge in [0.25, 0.3) is 5.91 Å². The van der Waals surface area contributed by atoms with Gasteiger partial charge < -0.3 is 25.2 Å². The zero-order valence-electron chi connectivity index (χ0n) is 24.0. The van der Waals surface area contributed by atoms with Crippen LogP contribution < -0.4 is 5.32 Å². The number of hydrogen-bond acceptors (Lipinski definition) is 6. The first-order valence-corrected chi connectivity index (χ1v) is 15.0. The highest BCUT2D eigenvalue weighted by molar-refractivity contribution is 6.30. The van der Waals surface area contributed by atoms with E-state index in [9.17, 15) is 24.8 Å². The number of benzene rings is 3. The van der Waals surface area contributed by atoms with Gasteiger partial charge in [-0.3, -0.25) is 9.59 Å². The maximum Gasteiger partial charge on any atom is 0.332 e. The highest BCUT2D eigenvalue weighted by Gasteiger charge is 2.48. The number of ether oxygens (including phenoxy) is 1. The molecule has 11 heteroatoms. The second-order valence-corrected chi connectivity index (χ2v) is 11.5. The van der Waals surface area contributed by atoms with Gasteiger partial charge in [-0.05, 0) is 59.5 Å². The maximum atomic E-state index is 14.4. The van der Waals surface area contributed by atoms with Crippen LogP contribution in [0, 0.1) is 11.3 Å². The van der Waals surface area contributed by atoms with E-state index < -0.39 is 48.2 Å². The molecule has 5 atom stereocenters. The lowest BCUT2D eigenvalue weighted by Crippen LogP contribution is -2.59. The Bertz CT molecular complexity index is 1490. The van der Waals surface area contributed by atoms with Gasteiger partial charge in [0.2, 0.25) is 5.91 Å². The zero-order chi connectivity index (χ0) is 31.8. The fraction of sp³-hybridized carbons (Fsp3) is 0.333. The highest BCUT2D eigenvalue weighted by atomic mass is 35.5. The van der Waals surface area contributed by atoms with E-state index in [4.69, 9.17) is 33.0 Å². The summed E-state index contributed by atoms with van der Waals surface area (Å²) in [4.78, 5) is 40.8. The molecule has 0 unspecified atom stereocenters.